The van der Waals surface area contributed by atoms with Gasteiger partial charge in [-0.05, 0) is 13.3 Å². The van der Waals surface area contributed by atoms with Gasteiger partial charge in [0.05, 0.1) is 17.0 Å². The lowest BCUT2D eigenvalue weighted by Gasteiger charge is -1.75. The Morgan fingerprint density at radius 3 is 2.67 bits per heavy atom. The van der Waals surface area contributed by atoms with Crippen molar-refractivity contribution in [3.63, 3.8) is 0 Å². The van der Waals surface area contributed by atoms with E-state index in [4.69, 9.17) is 0 Å². The fraction of sp³-hybridized carbons (Fsp3) is 0.500. The van der Waals surface area contributed by atoms with E-state index in [-0.39, 0.29) is 0 Å². The molecular weight excluding hydrogens is 148 g/mol. The van der Waals surface area contributed by atoms with Crippen LogP contribution >= 0.6 is 0 Å². The maximum absolute atomic E-state index is 4.11. The summed E-state index contributed by atoms with van der Waals surface area (Å²) in [5.41, 5.74) is 0. The summed E-state index contributed by atoms with van der Waals surface area (Å²) < 4.78 is 0. The highest BCUT2D eigenvalue weighted by atomic mass is 14.8. The third-order valence-corrected chi connectivity index (χ3v) is 1.38. The molecule has 0 aliphatic heterocycles. The van der Waals surface area contributed by atoms with Gasteiger partial charge in [-0.25, -0.2) is 4.98 Å². The number of rotatable bonds is 1. The van der Waals surface area contributed by atoms with Crippen molar-refractivity contribution < 1.29 is 0 Å². The van der Waals surface area contributed by atoms with E-state index in [1.807, 2.05) is 26.8 Å². The zero-order valence-corrected chi connectivity index (χ0v) is 8.39. The summed E-state index contributed by atoms with van der Waals surface area (Å²) >= 11 is 0. The molecule has 1 heterocycles. The third-order valence-electron chi connectivity index (χ3n) is 1.38. The smallest absolute Gasteiger partial charge is 0.0931 e. The van der Waals surface area contributed by atoms with Crippen LogP contribution in [0.15, 0.2) is 6.33 Å². The van der Waals surface area contributed by atoms with Crippen molar-refractivity contribution in [3.8, 4) is 0 Å². The Labute approximate surface area is 74.0 Å². The van der Waals surface area contributed by atoms with Crippen LogP contribution in [-0.2, 0) is 0 Å². The summed E-state index contributed by atoms with van der Waals surface area (Å²) in [5, 5.41) is 2.17. The maximum Gasteiger partial charge on any atom is 0.0931 e. The maximum atomic E-state index is 4.11. The van der Waals surface area contributed by atoms with Crippen molar-refractivity contribution >= 4 is 12.2 Å². The molecule has 1 rings (SSSR count). The fourth-order valence-electron chi connectivity index (χ4n) is 0.913. The molecule has 0 spiro atoms. The predicted molar refractivity (Wildman–Crippen MR) is 54.1 cm³/mol. The topological polar surface area (TPSA) is 28.7 Å². The molecule has 0 atom stereocenters. The average Bonchev–Trinajstić information content (AvgIpc) is 2.56. The van der Waals surface area contributed by atoms with Gasteiger partial charge in [-0.2, -0.15) is 0 Å². The highest BCUT2D eigenvalue weighted by Crippen LogP contribution is 1.71. The highest BCUT2D eigenvalue weighted by Gasteiger charge is 1.81. The van der Waals surface area contributed by atoms with E-state index >= 15 is 0 Å². The number of aromatic amines is 1. The second-order valence-corrected chi connectivity index (χ2v) is 2.10. The molecule has 0 aliphatic rings. The minimum atomic E-state index is 1.04. The first-order valence-electron chi connectivity index (χ1n) is 4.54. The number of nitrogens with one attached hydrogen (secondary N) is 1. The normalized spacial score (nSPS) is 12.7. The quantitative estimate of drug-likeness (QED) is 0.671. The van der Waals surface area contributed by atoms with Gasteiger partial charge in [-0.3, -0.25) is 0 Å². The summed E-state index contributed by atoms with van der Waals surface area (Å²) in [4.78, 5) is 7.17. The lowest BCUT2D eigenvalue weighted by atomic mass is 10.4. The molecule has 68 valence electrons. The van der Waals surface area contributed by atoms with Crippen LogP contribution in [0, 0.1) is 0 Å². The van der Waals surface area contributed by atoms with E-state index in [0.29, 0.717) is 0 Å². The van der Waals surface area contributed by atoms with Gasteiger partial charge >= 0.3 is 0 Å². The van der Waals surface area contributed by atoms with E-state index in [2.05, 4.69) is 23.0 Å². The number of nitrogens with zero attached hydrogens (tertiary/aromatic N) is 1. The van der Waals surface area contributed by atoms with Crippen molar-refractivity contribution in [2.24, 2.45) is 0 Å². The SMILES string of the molecule is C/C=c1/nc[nH]/c1=C/CC.CC. The Kier molecular flexibility index (Phi) is 6.07. The van der Waals surface area contributed by atoms with Crippen LogP contribution in [0.2, 0.25) is 0 Å². The molecule has 0 radical (unpaired) electrons. The molecule has 0 unspecified atom stereocenters. The molecule has 0 saturated heterocycles. The molecule has 0 aliphatic carbocycles. The number of hydrogen-bond acceptors (Lipinski definition) is 1. The number of H-pyrrole nitrogens is 1. The van der Waals surface area contributed by atoms with Gasteiger partial charge in [0.1, 0.15) is 0 Å². The fourth-order valence-corrected chi connectivity index (χ4v) is 0.913. The van der Waals surface area contributed by atoms with Crippen LogP contribution in [0.25, 0.3) is 12.2 Å². The molecule has 1 aromatic rings. The van der Waals surface area contributed by atoms with Crippen molar-refractivity contribution in [1.29, 1.82) is 0 Å². The molecule has 2 nitrogen and oxygen atoms in total. The average molecular weight is 166 g/mol. The standard InChI is InChI=1S/C8H12N2.C2H6/c1-3-5-8-7(4-2)9-6-10-8;1-2/h4-6H,3H2,1-2H3,(H,9,10);1-2H3/b7-4+,8-5+;. The van der Waals surface area contributed by atoms with Gasteiger partial charge in [0, 0.05) is 0 Å². The Hall–Kier alpha value is -1.05. The molecule has 0 saturated carbocycles. The van der Waals surface area contributed by atoms with Crippen LogP contribution < -0.4 is 10.7 Å². The highest BCUT2D eigenvalue weighted by molar-refractivity contribution is 5.22. The first-order chi connectivity index (χ1) is 5.88. The van der Waals surface area contributed by atoms with Gasteiger partial charge in [0.2, 0.25) is 0 Å². The lowest BCUT2D eigenvalue weighted by Crippen LogP contribution is -2.23. The number of aromatic nitrogens is 2. The Balaban J connectivity index is 0.000000561. The Morgan fingerprint density at radius 1 is 1.50 bits per heavy atom. The molecule has 12 heavy (non-hydrogen) atoms. The summed E-state index contributed by atoms with van der Waals surface area (Å²) in [5.74, 6) is 0. The predicted octanol–water partition coefficient (Wildman–Crippen LogP) is 1.43. The second kappa shape index (κ2) is 6.65. The van der Waals surface area contributed by atoms with Crippen LogP contribution in [0.4, 0.5) is 0 Å². The van der Waals surface area contributed by atoms with Crippen LogP contribution in [-0.4, -0.2) is 9.97 Å². The molecular formula is C10H18N2. The van der Waals surface area contributed by atoms with E-state index in [9.17, 15) is 0 Å². The Bertz CT molecular complexity index is 296. The second-order valence-electron chi connectivity index (χ2n) is 2.10. The van der Waals surface area contributed by atoms with E-state index in [0.717, 1.165) is 17.1 Å². The molecule has 2 heteroatoms. The van der Waals surface area contributed by atoms with Gasteiger partial charge < -0.3 is 4.98 Å². The van der Waals surface area contributed by atoms with Gasteiger partial charge in [-0.1, -0.05) is 32.9 Å². The van der Waals surface area contributed by atoms with Crippen molar-refractivity contribution in [3.05, 3.63) is 17.0 Å². The van der Waals surface area contributed by atoms with Crippen LogP contribution in [0.1, 0.15) is 34.1 Å². The molecule has 1 aromatic heterocycles. The van der Waals surface area contributed by atoms with Crippen LogP contribution in [0.5, 0.6) is 0 Å². The van der Waals surface area contributed by atoms with Crippen LogP contribution in [0.3, 0.4) is 0 Å². The van der Waals surface area contributed by atoms with Crippen molar-refractivity contribution in [2.45, 2.75) is 34.1 Å². The summed E-state index contributed by atoms with van der Waals surface area (Å²) in [6.07, 6.45) is 6.89. The van der Waals surface area contributed by atoms with E-state index in [1.165, 1.54) is 0 Å². The molecule has 0 amide bonds. The number of hydrogen-bond donors (Lipinski definition) is 1. The van der Waals surface area contributed by atoms with Crippen molar-refractivity contribution in [2.75, 3.05) is 0 Å². The van der Waals surface area contributed by atoms with Crippen molar-refractivity contribution in [1.82, 2.24) is 9.97 Å². The third kappa shape index (κ3) is 2.91. The number of imidazole rings is 1. The monoisotopic (exact) mass is 166 g/mol. The zero-order valence-electron chi connectivity index (χ0n) is 8.39. The van der Waals surface area contributed by atoms with Gasteiger partial charge in [0.25, 0.3) is 0 Å². The molecule has 1 N–H and O–H groups in total. The van der Waals surface area contributed by atoms with Gasteiger partial charge in [0.15, 0.2) is 0 Å². The minimum absolute atomic E-state index is 1.04. The summed E-state index contributed by atoms with van der Waals surface area (Å²) in [6.45, 7) is 8.10. The summed E-state index contributed by atoms with van der Waals surface area (Å²) in [6, 6.07) is 0. The summed E-state index contributed by atoms with van der Waals surface area (Å²) in [7, 11) is 0. The van der Waals surface area contributed by atoms with E-state index < -0.39 is 0 Å². The van der Waals surface area contributed by atoms with Gasteiger partial charge in [-0.15, -0.1) is 0 Å². The largest absolute Gasteiger partial charge is 0.345 e. The minimum Gasteiger partial charge on any atom is -0.345 e. The first-order valence-corrected chi connectivity index (χ1v) is 4.54. The zero-order chi connectivity index (χ0) is 9.40. The lowest BCUT2D eigenvalue weighted by molar-refractivity contribution is 1.23. The Morgan fingerprint density at radius 2 is 2.17 bits per heavy atom. The molecule has 0 aromatic carbocycles. The van der Waals surface area contributed by atoms with E-state index in [1.54, 1.807) is 6.33 Å². The first kappa shape index (κ1) is 11.0. The molecule has 0 bridgehead atoms. The molecule has 0 fully saturated rings.